The normalized spacial score (nSPS) is 17.2. The fourth-order valence-corrected chi connectivity index (χ4v) is 4.46. The molecule has 0 radical (unpaired) electrons. The smallest absolute Gasteiger partial charge is 0.222 e. The Bertz CT molecular complexity index is 647. The lowest BCUT2D eigenvalue weighted by Crippen LogP contribution is -2.39. The van der Waals surface area contributed by atoms with Crippen LogP contribution < -0.4 is 5.32 Å². The van der Waals surface area contributed by atoms with Gasteiger partial charge in [-0.25, -0.2) is 0 Å². The van der Waals surface area contributed by atoms with Crippen molar-refractivity contribution in [2.24, 2.45) is 5.92 Å². The van der Waals surface area contributed by atoms with Gasteiger partial charge in [-0.15, -0.1) is 11.3 Å². The minimum atomic E-state index is 0.170. The summed E-state index contributed by atoms with van der Waals surface area (Å²) in [6.07, 6.45) is 1.87. The van der Waals surface area contributed by atoms with Crippen molar-refractivity contribution in [3.05, 3.63) is 34.2 Å². The van der Waals surface area contributed by atoms with E-state index < -0.39 is 0 Å². The molecule has 1 amide bonds. The van der Waals surface area contributed by atoms with Crippen LogP contribution in [-0.2, 0) is 11.3 Å². The van der Waals surface area contributed by atoms with Gasteiger partial charge >= 0.3 is 0 Å². The first-order valence-corrected chi connectivity index (χ1v) is 8.48. The molecule has 1 fully saturated rings. The summed E-state index contributed by atoms with van der Waals surface area (Å²) in [7, 11) is 1.71. The number of thiophene rings is 1. The second-order valence-electron chi connectivity index (χ2n) is 5.50. The lowest BCUT2D eigenvalue weighted by molar-refractivity contribution is -0.125. The van der Waals surface area contributed by atoms with Crippen molar-refractivity contribution < 1.29 is 4.79 Å². The van der Waals surface area contributed by atoms with Crippen LogP contribution in [-0.4, -0.2) is 30.9 Å². The first-order valence-electron chi connectivity index (χ1n) is 7.29. The predicted octanol–water partition coefficient (Wildman–Crippen LogP) is 3.51. The van der Waals surface area contributed by atoms with E-state index in [1.807, 2.05) is 12.1 Å². The van der Waals surface area contributed by atoms with Crippen molar-refractivity contribution in [1.29, 1.82) is 0 Å². The Hall–Kier alpha value is -1.10. The van der Waals surface area contributed by atoms with Crippen molar-refractivity contribution in [3.63, 3.8) is 0 Å². The Morgan fingerprint density at radius 2 is 2.10 bits per heavy atom. The topological polar surface area (TPSA) is 32.3 Å². The minimum Gasteiger partial charge on any atom is -0.359 e. The third kappa shape index (κ3) is 3.07. The molecule has 0 saturated carbocycles. The number of amides is 1. The van der Waals surface area contributed by atoms with Gasteiger partial charge in [0.15, 0.2) is 0 Å². The van der Waals surface area contributed by atoms with Crippen LogP contribution in [0.4, 0.5) is 0 Å². The Balaban J connectivity index is 1.67. The van der Waals surface area contributed by atoms with Crippen molar-refractivity contribution in [2.75, 3.05) is 20.1 Å². The van der Waals surface area contributed by atoms with Crippen molar-refractivity contribution >= 4 is 38.9 Å². The second kappa shape index (κ2) is 6.34. The van der Waals surface area contributed by atoms with Gasteiger partial charge in [-0.2, -0.15) is 0 Å². The molecule has 0 bridgehead atoms. The highest BCUT2D eigenvalue weighted by atomic mass is 35.5. The highest BCUT2D eigenvalue weighted by Gasteiger charge is 2.25. The number of fused-ring (bicyclic) bond motifs is 1. The third-order valence-electron chi connectivity index (χ3n) is 4.17. The van der Waals surface area contributed by atoms with Crippen LogP contribution in [0.25, 0.3) is 10.1 Å². The fourth-order valence-electron chi connectivity index (χ4n) is 2.93. The first-order chi connectivity index (χ1) is 10.2. The number of nitrogens with zero attached hydrogens (tertiary/aromatic N) is 1. The van der Waals surface area contributed by atoms with E-state index in [0.29, 0.717) is 0 Å². The summed E-state index contributed by atoms with van der Waals surface area (Å²) in [5, 5.41) is 4.79. The van der Waals surface area contributed by atoms with Gasteiger partial charge in [-0.1, -0.05) is 29.8 Å². The lowest BCUT2D eigenvalue weighted by atomic mass is 9.96. The van der Waals surface area contributed by atoms with Gasteiger partial charge in [0.05, 0.1) is 5.02 Å². The van der Waals surface area contributed by atoms with Crippen LogP contribution in [0.1, 0.15) is 17.7 Å². The highest BCUT2D eigenvalue weighted by molar-refractivity contribution is 7.19. The summed E-state index contributed by atoms with van der Waals surface area (Å²) in [5.41, 5.74) is 0. The maximum atomic E-state index is 11.7. The molecule has 2 aromatic rings. The SMILES string of the molecule is CNC(=O)C1CCN(Cc2sc3ccccc3c2Cl)CC1. The zero-order valence-corrected chi connectivity index (χ0v) is 13.6. The van der Waals surface area contributed by atoms with Gasteiger partial charge in [0.1, 0.15) is 0 Å². The number of nitrogens with one attached hydrogen (secondary N) is 1. The number of carbonyl (C=O) groups excluding carboxylic acids is 1. The quantitative estimate of drug-likeness (QED) is 0.938. The fraction of sp³-hybridized carbons (Fsp3) is 0.438. The standard InChI is InChI=1S/C16H19ClN2OS/c1-18-16(20)11-6-8-19(9-7-11)10-14-15(17)12-4-2-3-5-13(12)21-14/h2-5,11H,6-10H2,1H3,(H,18,20). The van der Waals surface area contributed by atoms with Gasteiger partial charge < -0.3 is 5.32 Å². The second-order valence-corrected chi connectivity index (χ2v) is 7.01. The lowest BCUT2D eigenvalue weighted by Gasteiger charge is -2.30. The number of hydrogen-bond donors (Lipinski definition) is 1. The molecule has 0 aliphatic carbocycles. The molecule has 2 heterocycles. The molecule has 1 aromatic heterocycles. The van der Waals surface area contributed by atoms with E-state index in [0.717, 1.165) is 42.9 Å². The van der Waals surface area contributed by atoms with Crippen LogP contribution in [0, 0.1) is 5.92 Å². The molecule has 1 aliphatic rings. The Morgan fingerprint density at radius 1 is 1.38 bits per heavy atom. The van der Waals surface area contributed by atoms with Crippen LogP contribution in [0.2, 0.25) is 5.02 Å². The molecular weight excluding hydrogens is 304 g/mol. The highest BCUT2D eigenvalue weighted by Crippen LogP contribution is 2.36. The summed E-state index contributed by atoms with van der Waals surface area (Å²) < 4.78 is 1.25. The van der Waals surface area contributed by atoms with Crippen molar-refractivity contribution in [2.45, 2.75) is 19.4 Å². The van der Waals surface area contributed by atoms with Gasteiger partial charge in [-0.05, 0) is 32.0 Å². The third-order valence-corrected chi connectivity index (χ3v) is 5.87. The molecule has 3 nitrogen and oxygen atoms in total. The van der Waals surface area contributed by atoms with Crippen molar-refractivity contribution in [1.82, 2.24) is 10.2 Å². The molecule has 1 aliphatic heterocycles. The van der Waals surface area contributed by atoms with E-state index in [1.165, 1.54) is 9.58 Å². The molecule has 1 saturated heterocycles. The average Bonchev–Trinajstić information content (AvgIpc) is 2.84. The number of hydrogen-bond acceptors (Lipinski definition) is 3. The molecule has 0 spiro atoms. The summed E-state index contributed by atoms with van der Waals surface area (Å²) >= 11 is 8.27. The van der Waals surface area contributed by atoms with Crippen LogP contribution in [0.15, 0.2) is 24.3 Å². The van der Waals surface area contributed by atoms with Gasteiger partial charge in [-0.3, -0.25) is 9.69 Å². The van der Waals surface area contributed by atoms with Crippen LogP contribution in [0.5, 0.6) is 0 Å². The summed E-state index contributed by atoms with van der Waals surface area (Å²) in [5.74, 6) is 0.346. The van der Waals surface area contributed by atoms with E-state index >= 15 is 0 Å². The average molecular weight is 323 g/mol. The van der Waals surface area contributed by atoms with E-state index in [9.17, 15) is 4.79 Å². The van der Waals surface area contributed by atoms with E-state index in [1.54, 1.807) is 18.4 Å². The van der Waals surface area contributed by atoms with Gasteiger partial charge in [0.2, 0.25) is 5.91 Å². The van der Waals surface area contributed by atoms with E-state index in [2.05, 4.69) is 22.3 Å². The first kappa shape index (κ1) is 14.8. The summed E-state index contributed by atoms with van der Waals surface area (Å²) in [6.45, 7) is 2.81. The molecule has 112 valence electrons. The molecule has 21 heavy (non-hydrogen) atoms. The molecular formula is C16H19ClN2OS. The van der Waals surface area contributed by atoms with Crippen molar-refractivity contribution in [3.8, 4) is 0 Å². The molecule has 5 heteroatoms. The van der Waals surface area contributed by atoms with Gasteiger partial charge in [0.25, 0.3) is 0 Å². The number of piperidine rings is 1. The van der Waals surface area contributed by atoms with Gasteiger partial charge in [0, 0.05) is 34.5 Å². The largest absolute Gasteiger partial charge is 0.359 e. The molecule has 0 atom stereocenters. The Morgan fingerprint density at radius 3 is 2.76 bits per heavy atom. The number of carbonyl (C=O) groups is 1. The Labute approximate surface area is 133 Å². The molecule has 1 aromatic carbocycles. The maximum Gasteiger partial charge on any atom is 0.222 e. The molecule has 0 unspecified atom stereocenters. The monoisotopic (exact) mass is 322 g/mol. The maximum absolute atomic E-state index is 11.7. The number of likely N-dealkylation sites (tertiary alicyclic amines) is 1. The van der Waals surface area contributed by atoms with Crippen LogP contribution >= 0.6 is 22.9 Å². The zero-order chi connectivity index (χ0) is 14.8. The number of rotatable bonds is 3. The summed E-state index contributed by atoms with van der Waals surface area (Å²) in [6, 6.07) is 8.27. The summed E-state index contributed by atoms with van der Waals surface area (Å²) in [4.78, 5) is 15.3. The minimum absolute atomic E-state index is 0.170. The molecule has 1 N–H and O–H groups in total. The molecule has 3 rings (SSSR count). The predicted molar refractivity (Wildman–Crippen MR) is 88.9 cm³/mol. The zero-order valence-electron chi connectivity index (χ0n) is 12.1. The van der Waals surface area contributed by atoms with E-state index in [-0.39, 0.29) is 11.8 Å². The number of benzene rings is 1. The Kier molecular flexibility index (Phi) is 4.48. The van der Waals surface area contributed by atoms with E-state index in [4.69, 9.17) is 11.6 Å². The number of halogens is 1. The van der Waals surface area contributed by atoms with Crippen LogP contribution in [0.3, 0.4) is 0 Å².